The SMILES string of the molecule is Cc1cccc(C)c1-c1cc(O)nc(NS(=O)(=O)c2cccc(C(=O)N3CCN(CCC4(C(F)(F)F)CC4)CC(C)C3)c2)n1. The summed E-state index contributed by atoms with van der Waals surface area (Å²) < 4.78 is 69.2. The molecule has 2 fully saturated rings. The highest BCUT2D eigenvalue weighted by Crippen LogP contribution is 2.60. The van der Waals surface area contributed by atoms with Crippen LogP contribution < -0.4 is 4.72 Å². The number of carbonyl (C=O) groups is 1. The first kappa shape index (κ1) is 31.7. The molecule has 1 aliphatic carbocycles. The van der Waals surface area contributed by atoms with Gasteiger partial charge < -0.3 is 14.9 Å². The number of hydrogen-bond acceptors (Lipinski definition) is 7. The van der Waals surface area contributed by atoms with Crippen LogP contribution in [0.5, 0.6) is 5.88 Å². The lowest BCUT2D eigenvalue weighted by Gasteiger charge is -2.26. The van der Waals surface area contributed by atoms with Crippen LogP contribution in [0.15, 0.2) is 53.4 Å². The van der Waals surface area contributed by atoms with Crippen molar-refractivity contribution in [3.05, 3.63) is 65.2 Å². The number of nitrogens with zero attached hydrogens (tertiary/aromatic N) is 4. The van der Waals surface area contributed by atoms with Gasteiger partial charge in [-0.1, -0.05) is 31.2 Å². The number of carbonyl (C=O) groups excluding carboxylic acids is 1. The zero-order valence-electron chi connectivity index (χ0n) is 24.9. The molecule has 1 aromatic heterocycles. The van der Waals surface area contributed by atoms with E-state index >= 15 is 0 Å². The molecule has 3 aromatic rings. The number of rotatable bonds is 8. The fraction of sp³-hybridized carbons (Fsp3) is 0.452. The van der Waals surface area contributed by atoms with Gasteiger partial charge in [0.1, 0.15) is 0 Å². The van der Waals surface area contributed by atoms with Crippen molar-refractivity contribution in [2.45, 2.75) is 51.1 Å². The Morgan fingerprint density at radius 1 is 1.05 bits per heavy atom. The Morgan fingerprint density at radius 3 is 2.39 bits per heavy atom. The van der Waals surface area contributed by atoms with Crippen molar-refractivity contribution in [1.82, 2.24) is 19.8 Å². The number of alkyl halides is 3. The molecule has 44 heavy (non-hydrogen) atoms. The second-order valence-electron chi connectivity index (χ2n) is 12.0. The number of halogens is 3. The summed E-state index contributed by atoms with van der Waals surface area (Å²) in [5, 5.41) is 10.3. The van der Waals surface area contributed by atoms with Gasteiger partial charge in [0.15, 0.2) is 0 Å². The summed E-state index contributed by atoms with van der Waals surface area (Å²) in [4.78, 5) is 25.1. The van der Waals surface area contributed by atoms with Gasteiger partial charge in [0.05, 0.1) is 16.0 Å². The monoisotopic (exact) mass is 631 g/mol. The Hall–Kier alpha value is -3.71. The Balaban J connectivity index is 1.29. The molecular weight excluding hydrogens is 595 g/mol. The van der Waals surface area contributed by atoms with Gasteiger partial charge in [0.25, 0.3) is 15.9 Å². The van der Waals surface area contributed by atoms with Gasteiger partial charge in [-0.05, 0) is 74.9 Å². The first-order valence-electron chi connectivity index (χ1n) is 14.5. The molecule has 1 saturated heterocycles. The van der Waals surface area contributed by atoms with Crippen LogP contribution in [0.25, 0.3) is 11.3 Å². The van der Waals surface area contributed by atoms with Gasteiger partial charge in [-0.15, -0.1) is 0 Å². The third-order valence-electron chi connectivity index (χ3n) is 8.50. The van der Waals surface area contributed by atoms with E-state index in [2.05, 4.69) is 14.7 Å². The average molecular weight is 632 g/mol. The first-order chi connectivity index (χ1) is 20.7. The maximum Gasteiger partial charge on any atom is 0.394 e. The first-order valence-corrected chi connectivity index (χ1v) is 16.0. The molecular formula is C31H36F3N5O4S. The highest BCUT2D eigenvalue weighted by atomic mass is 32.2. The highest BCUT2D eigenvalue weighted by Gasteiger charge is 2.62. The van der Waals surface area contributed by atoms with E-state index in [4.69, 9.17) is 0 Å². The van der Waals surface area contributed by atoms with E-state index in [1.54, 1.807) is 4.90 Å². The van der Waals surface area contributed by atoms with Crippen LogP contribution >= 0.6 is 0 Å². The molecule has 0 radical (unpaired) electrons. The van der Waals surface area contributed by atoms with E-state index in [1.807, 2.05) is 43.9 Å². The lowest BCUT2D eigenvalue weighted by molar-refractivity contribution is -0.189. The summed E-state index contributed by atoms with van der Waals surface area (Å²) in [6.07, 6.45) is -3.80. The van der Waals surface area contributed by atoms with E-state index in [1.165, 1.54) is 30.3 Å². The third kappa shape index (κ3) is 6.83. The molecule has 13 heteroatoms. The number of amides is 1. The third-order valence-corrected chi connectivity index (χ3v) is 9.83. The average Bonchev–Trinajstić information content (AvgIpc) is 3.76. The maximum absolute atomic E-state index is 13.5. The molecule has 236 valence electrons. The number of sulfonamides is 1. The van der Waals surface area contributed by atoms with Gasteiger partial charge in [-0.25, -0.2) is 18.1 Å². The molecule has 2 aromatic carbocycles. The summed E-state index contributed by atoms with van der Waals surface area (Å²) in [6, 6.07) is 12.6. The molecule has 1 saturated carbocycles. The van der Waals surface area contributed by atoms with Crippen LogP contribution in [0.1, 0.15) is 47.7 Å². The summed E-state index contributed by atoms with van der Waals surface area (Å²) in [6.45, 7) is 7.74. The number of aryl methyl sites for hydroxylation is 2. The molecule has 2 aliphatic rings. The van der Waals surface area contributed by atoms with Gasteiger partial charge in [-0.3, -0.25) is 4.79 Å². The molecule has 1 aliphatic heterocycles. The summed E-state index contributed by atoms with van der Waals surface area (Å²) in [5.41, 5.74) is 1.48. The van der Waals surface area contributed by atoms with E-state index in [0.29, 0.717) is 38.4 Å². The van der Waals surface area contributed by atoms with Gasteiger partial charge in [0.2, 0.25) is 11.8 Å². The number of hydrogen-bond donors (Lipinski definition) is 2. The summed E-state index contributed by atoms with van der Waals surface area (Å²) in [5.74, 6) is -1.07. The van der Waals surface area contributed by atoms with Crippen molar-refractivity contribution in [2.75, 3.05) is 37.4 Å². The van der Waals surface area contributed by atoms with Gasteiger partial charge in [-0.2, -0.15) is 18.2 Å². The van der Waals surface area contributed by atoms with Crippen LogP contribution in [-0.2, 0) is 10.0 Å². The van der Waals surface area contributed by atoms with Crippen LogP contribution in [-0.4, -0.2) is 78.1 Å². The number of benzene rings is 2. The molecule has 9 nitrogen and oxygen atoms in total. The Bertz CT molecular complexity index is 1640. The van der Waals surface area contributed by atoms with E-state index in [-0.39, 0.29) is 47.5 Å². The number of aromatic nitrogens is 2. The van der Waals surface area contributed by atoms with E-state index < -0.39 is 27.5 Å². The molecule has 5 rings (SSSR count). The minimum atomic E-state index is -4.25. The predicted molar refractivity (Wildman–Crippen MR) is 160 cm³/mol. The smallest absolute Gasteiger partial charge is 0.394 e. The standard InChI is InChI=1S/C31H36F3N5O4S/c1-20-18-38(13-12-30(10-11-30)31(32,33)34)14-15-39(19-20)28(41)23-8-5-9-24(16-23)44(42,43)37-29-35-25(17-26(40)36-29)27-21(2)6-4-7-22(27)3/h4-9,16-17,20H,10-15,18-19H2,1-3H3,(H2,35,36,37,40). The van der Waals surface area contributed by atoms with Crippen molar-refractivity contribution in [2.24, 2.45) is 11.3 Å². The molecule has 1 unspecified atom stereocenters. The fourth-order valence-electron chi connectivity index (χ4n) is 5.89. The number of aromatic hydroxyl groups is 1. The van der Waals surface area contributed by atoms with Crippen molar-refractivity contribution in [3.8, 4) is 17.1 Å². The Kier molecular flexibility index (Phi) is 8.65. The van der Waals surface area contributed by atoms with E-state index in [0.717, 1.165) is 16.7 Å². The Labute approximate surface area is 255 Å². The summed E-state index contributed by atoms with van der Waals surface area (Å²) in [7, 11) is -4.25. The number of nitrogens with one attached hydrogen (secondary N) is 1. The zero-order chi connectivity index (χ0) is 31.9. The molecule has 0 bridgehead atoms. The van der Waals surface area contributed by atoms with Crippen molar-refractivity contribution in [1.29, 1.82) is 0 Å². The van der Waals surface area contributed by atoms with Gasteiger partial charge >= 0.3 is 6.18 Å². The van der Waals surface area contributed by atoms with Crippen molar-refractivity contribution >= 4 is 21.9 Å². The zero-order valence-corrected chi connectivity index (χ0v) is 25.7. The minimum absolute atomic E-state index is 0.0186. The molecule has 1 atom stereocenters. The van der Waals surface area contributed by atoms with Crippen LogP contribution in [0.2, 0.25) is 0 Å². The summed E-state index contributed by atoms with van der Waals surface area (Å²) >= 11 is 0. The molecule has 2 N–H and O–H groups in total. The predicted octanol–water partition coefficient (Wildman–Crippen LogP) is 5.39. The lowest BCUT2D eigenvalue weighted by atomic mass is 10.00. The topological polar surface area (TPSA) is 116 Å². The van der Waals surface area contributed by atoms with Crippen LogP contribution in [0, 0.1) is 25.2 Å². The van der Waals surface area contributed by atoms with Crippen molar-refractivity contribution < 1.29 is 31.5 Å². The quantitative estimate of drug-likeness (QED) is 0.343. The van der Waals surface area contributed by atoms with Crippen LogP contribution in [0.3, 0.4) is 0 Å². The van der Waals surface area contributed by atoms with E-state index in [9.17, 15) is 31.5 Å². The molecule has 1 amide bonds. The highest BCUT2D eigenvalue weighted by molar-refractivity contribution is 7.92. The van der Waals surface area contributed by atoms with Gasteiger partial charge in [0, 0.05) is 43.4 Å². The largest absolute Gasteiger partial charge is 0.493 e. The van der Waals surface area contributed by atoms with Crippen molar-refractivity contribution in [3.63, 3.8) is 0 Å². The molecule has 2 heterocycles. The van der Waals surface area contributed by atoms with Crippen LogP contribution in [0.4, 0.5) is 19.1 Å². The second kappa shape index (κ2) is 12.0. The minimum Gasteiger partial charge on any atom is -0.493 e. The normalized spacial score (nSPS) is 19.0. The number of anilines is 1. The second-order valence-corrected chi connectivity index (χ2v) is 13.7. The lowest BCUT2D eigenvalue weighted by Crippen LogP contribution is -2.36. The Morgan fingerprint density at radius 2 is 1.73 bits per heavy atom. The maximum atomic E-state index is 13.5. The fourth-order valence-corrected chi connectivity index (χ4v) is 6.88. The molecule has 0 spiro atoms.